The normalized spacial score (nSPS) is 14.1. The molecule has 35 heavy (non-hydrogen) atoms. The van der Waals surface area contributed by atoms with Crippen molar-refractivity contribution in [2.45, 2.75) is 32.2 Å². The van der Waals surface area contributed by atoms with Gasteiger partial charge in [0.05, 0.1) is 6.20 Å². The number of aryl methyl sites for hydroxylation is 1. The summed E-state index contributed by atoms with van der Waals surface area (Å²) in [6.07, 6.45) is 7.97. The lowest BCUT2D eigenvalue weighted by Crippen LogP contribution is -2.26. The molecule has 4 aromatic rings. The van der Waals surface area contributed by atoms with Gasteiger partial charge in [0, 0.05) is 51.5 Å². The van der Waals surface area contributed by atoms with Crippen LogP contribution in [0.1, 0.15) is 31.2 Å². The Morgan fingerprint density at radius 2 is 1.71 bits per heavy atom. The van der Waals surface area contributed by atoms with E-state index in [1.165, 1.54) is 18.4 Å². The maximum absolute atomic E-state index is 6.15. The quantitative estimate of drug-likeness (QED) is 0.260. The first kappa shape index (κ1) is 23.6. The van der Waals surface area contributed by atoms with Crippen molar-refractivity contribution in [2.75, 3.05) is 23.7 Å². The van der Waals surface area contributed by atoms with Crippen molar-refractivity contribution in [3.05, 3.63) is 76.7 Å². The average Bonchev–Trinajstić information content (AvgIpc) is 3.34. The van der Waals surface area contributed by atoms with E-state index in [0.717, 1.165) is 36.4 Å². The molecular formula is C26H27Cl2N7. The van der Waals surface area contributed by atoms with E-state index in [1.54, 1.807) is 24.4 Å². The van der Waals surface area contributed by atoms with Gasteiger partial charge in [-0.05, 0) is 74.7 Å². The maximum atomic E-state index is 6.15. The summed E-state index contributed by atoms with van der Waals surface area (Å²) in [5.74, 6) is 1.73. The third-order valence-electron chi connectivity index (χ3n) is 6.16. The second-order valence-corrected chi connectivity index (χ2v) is 9.47. The van der Waals surface area contributed by atoms with Gasteiger partial charge in [-0.15, -0.1) is 0 Å². The van der Waals surface area contributed by atoms with Crippen LogP contribution in [0, 0.1) is 0 Å². The van der Waals surface area contributed by atoms with Crippen LogP contribution in [0.25, 0.3) is 11.1 Å². The fourth-order valence-corrected chi connectivity index (χ4v) is 4.84. The summed E-state index contributed by atoms with van der Waals surface area (Å²) in [7, 11) is 0. The molecule has 0 bridgehead atoms. The van der Waals surface area contributed by atoms with Crippen LogP contribution in [-0.4, -0.2) is 32.8 Å². The Morgan fingerprint density at radius 3 is 2.40 bits per heavy atom. The van der Waals surface area contributed by atoms with Crippen LogP contribution in [0.2, 0.25) is 10.0 Å². The van der Waals surface area contributed by atoms with Crippen molar-refractivity contribution in [2.24, 2.45) is 0 Å². The standard InChI is InChI=1S/C26H27Cl2N7/c1-2-35-16-19(14-31-35)24-15-30-26(33-23-12-20(27)11-21(28)13-23)34-25(24)32-22-5-3-17(4-6-22)18-7-9-29-10-8-18/h3-6,11-16,18,29H,2,7-10H2,1H3,(H2,30,32,33,34). The van der Waals surface area contributed by atoms with Crippen molar-refractivity contribution in [3.8, 4) is 11.1 Å². The Balaban J connectivity index is 1.44. The zero-order valence-corrected chi connectivity index (χ0v) is 20.9. The molecule has 9 heteroatoms. The van der Waals surface area contributed by atoms with Gasteiger partial charge in [-0.2, -0.15) is 10.1 Å². The first-order valence-electron chi connectivity index (χ1n) is 11.8. The molecule has 2 aromatic heterocycles. The van der Waals surface area contributed by atoms with E-state index in [0.29, 0.717) is 33.4 Å². The summed E-state index contributed by atoms with van der Waals surface area (Å²) in [6.45, 7) is 5.00. The smallest absolute Gasteiger partial charge is 0.229 e. The molecule has 1 saturated heterocycles. The number of nitrogens with zero attached hydrogens (tertiary/aromatic N) is 4. The van der Waals surface area contributed by atoms with Gasteiger partial charge in [-0.1, -0.05) is 35.3 Å². The molecular weight excluding hydrogens is 481 g/mol. The van der Waals surface area contributed by atoms with Crippen molar-refractivity contribution in [1.29, 1.82) is 0 Å². The lowest BCUT2D eigenvalue weighted by atomic mass is 9.90. The fraction of sp³-hybridized carbons (Fsp3) is 0.269. The van der Waals surface area contributed by atoms with Crippen LogP contribution in [0.15, 0.2) is 61.1 Å². The summed E-state index contributed by atoms with van der Waals surface area (Å²) >= 11 is 12.3. The van der Waals surface area contributed by atoms with Crippen molar-refractivity contribution in [1.82, 2.24) is 25.1 Å². The Bertz CT molecular complexity index is 1280. The molecule has 180 valence electrons. The molecule has 7 nitrogen and oxygen atoms in total. The Labute approximate surface area is 214 Å². The molecule has 0 saturated carbocycles. The number of nitrogens with one attached hydrogen (secondary N) is 3. The van der Waals surface area contributed by atoms with Gasteiger partial charge in [0.2, 0.25) is 5.95 Å². The Morgan fingerprint density at radius 1 is 0.971 bits per heavy atom. The van der Waals surface area contributed by atoms with E-state index in [2.05, 4.69) is 57.2 Å². The minimum Gasteiger partial charge on any atom is -0.340 e. The minimum atomic E-state index is 0.434. The summed E-state index contributed by atoms with van der Waals surface area (Å²) in [5, 5.41) is 15.6. The number of halogens is 2. The van der Waals surface area contributed by atoms with E-state index < -0.39 is 0 Å². The number of hydrogen-bond acceptors (Lipinski definition) is 6. The van der Waals surface area contributed by atoms with Crippen LogP contribution in [-0.2, 0) is 6.54 Å². The number of hydrogen-bond donors (Lipinski definition) is 3. The van der Waals surface area contributed by atoms with E-state index >= 15 is 0 Å². The third kappa shape index (κ3) is 5.75. The predicted octanol–water partition coefficient (Wildman–Crippen LogP) is 6.62. The first-order valence-corrected chi connectivity index (χ1v) is 12.5. The number of anilines is 4. The first-order chi connectivity index (χ1) is 17.1. The lowest BCUT2D eigenvalue weighted by molar-refractivity contribution is 0.460. The zero-order valence-electron chi connectivity index (χ0n) is 19.4. The maximum Gasteiger partial charge on any atom is 0.229 e. The molecule has 0 radical (unpaired) electrons. The molecule has 1 aliphatic heterocycles. The summed E-state index contributed by atoms with van der Waals surface area (Å²) in [5.41, 5.74) is 4.86. The highest BCUT2D eigenvalue weighted by Gasteiger charge is 2.16. The summed E-state index contributed by atoms with van der Waals surface area (Å²) in [4.78, 5) is 9.31. The lowest BCUT2D eigenvalue weighted by Gasteiger charge is -2.23. The number of piperidine rings is 1. The molecule has 0 aliphatic carbocycles. The van der Waals surface area contributed by atoms with Gasteiger partial charge in [0.25, 0.3) is 0 Å². The van der Waals surface area contributed by atoms with Crippen molar-refractivity contribution in [3.63, 3.8) is 0 Å². The topological polar surface area (TPSA) is 79.7 Å². The number of aromatic nitrogens is 4. The Kier molecular flexibility index (Phi) is 7.18. The molecule has 1 aliphatic rings. The van der Waals surface area contributed by atoms with Crippen LogP contribution >= 0.6 is 23.2 Å². The van der Waals surface area contributed by atoms with Crippen molar-refractivity contribution >= 4 is 46.3 Å². The minimum absolute atomic E-state index is 0.434. The van der Waals surface area contributed by atoms with Gasteiger partial charge in [-0.3, -0.25) is 4.68 Å². The third-order valence-corrected chi connectivity index (χ3v) is 6.60. The average molecular weight is 508 g/mol. The van der Waals surface area contributed by atoms with Gasteiger partial charge in [0.1, 0.15) is 5.82 Å². The Hall–Kier alpha value is -3.13. The van der Waals surface area contributed by atoms with E-state index in [1.807, 2.05) is 17.1 Å². The highest BCUT2D eigenvalue weighted by atomic mass is 35.5. The second kappa shape index (κ2) is 10.6. The molecule has 0 amide bonds. The number of rotatable bonds is 7. The van der Waals surface area contributed by atoms with E-state index in [-0.39, 0.29) is 0 Å². The van der Waals surface area contributed by atoms with Crippen LogP contribution in [0.3, 0.4) is 0 Å². The highest BCUT2D eigenvalue weighted by Crippen LogP contribution is 2.32. The molecule has 5 rings (SSSR count). The van der Waals surface area contributed by atoms with E-state index in [4.69, 9.17) is 28.2 Å². The SMILES string of the molecule is CCn1cc(-c2cnc(Nc3cc(Cl)cc(Cl)c3)nc2Nc2ccc(C3CCNCC3)cc2)cn1. The largest absolute Gasteiger partial charge is 0.340 e. The molecule has 0 atom stereocenters. The second-order valence-electron chi connectivity index (χ2n) is 8.60. The van der Waals surface area contributed by atoms with Gasteiger partial charge in [0.15, 0.2) is 0 Å². The number of benzene rings is 2. The molecule has 0 spiro atoms. The molecule has 2 aromatic carbocycles. The van der Waals surface area contributed by atoms with Crippen LogP contribution in [0.4, 0.5) is 23.1 Å². The van der Waals surface area contributed by atoms with Crippen LogP contribution < -0.4 is 16.0 Å². The molecule has 3 heterocycles. The van der Waals surface area contributed by atoms with Crippen LogP contribution in [0.5, 0.6) is 0 Å². The fourth-order valence-electron chi connectivity index (χ4n) is 4.31. The zero-order chi connectivity index (χ0) is 24.2. The summed E-state index contributed by atoms with van der Waals surface area (Å²) < 4.78 is 1.88. The predicted molar refractivity (Wildman–Crippen MR) is 143 cm³/mol. The van der Waals surface area contributed by atoms with Gasteiger partial charge >= 0.3 is 0 Å². The monoisotopic (exact) mass is 507 g/mol. The molecule has 3 N–H and O–H groups in total. The molecule has 1 fully saturated rings. The van der Waals surface area contributed by atoms with Gasteiger partial charge in [-0.25, -0.2) is 4.98 Å². The van der Waals surface area contributed by atoms with Gasteiger partial charge < -0.3 is 16.0 Å². The molecule has 0 unspecified atom stereocenters. The van der Waals surface area contributed by atoms with E-state index in [9.17, 15) is 0 Å². The van der Waals surface area contributed by atoms with Crippen molar-refractivity contribution < 1.29 is 0 Å². The summed E-state index contributed by atoms with van der Waals surface area (Å²) in [6, 6.07) is 13.9. The highest BCUT2D eigenvalue weighted by molar-refractivity contribution is 6.35.